The highest BCUT2D eigenvalue weighted by Crippen LogP contribution is 2.14. The van der Waals surface area contributed by atoms with E-state index < -0.39 is 17.4 Å². The summed E-state index contributed by atoms with van der Waals surface area (Å²) in [6, 6.07) is 3.98. The molecule has 0 heterocycles. The van der Waals surface area contributed by atoms with E-state index in [0.29, 0.717) is 0 Å². The van der Waals surface area contributed by atoms with Crippen molar-refractivity contribution in [3.05, 3.63) is 34.6 Å². The number of alkyl halides is 2. The molecule has 0 spiro atoms. The molecule has 1 atom stereocenters. The first kappa shape index (κ1) is 12.2. The van der Waals surface area contributed by atoms with E-state index in [1.807, 2.05) is 0 Å². The molecule has 0 aliphatic rings. The van der Waals surface area contributed by atoms with Gasteiger partial charge in [-0.2, -0.15) is 0 Å². The quantitative estimate of drug-likeness (QED) is 0.825. The van der Waals surface area contributed by atoms with Crippen LogP contribution in [0.2, 0.25) is 5.02 Å². The van der Waals surface area contributed by atoms with Gasteiger partial charge in [0.2, 0.25) is 0 Å². The molecular weight excluding hydrogens is 247 g/mol. The van der Waals surface area contributed by atoms with Crippen molar-refractivity contribution in [1.82, 2.24) is 5.32 Å². The average Bonchev–Trinajstić information content (AvgIpc) is 2.15. The van der Waals surface area contributed by atoms with Crippen molar-refractivity contribution >= 4 is 29.1 Å². The van der Waals surface area contributed by atoms with Crippen LogP contribution in [0.5, 0.6) is 0 Å². The van der Waals surface area contributed by atoms with E-state index in [2.05, 4.69) is 5.32 Å². The molecule has 1 aromatic carbocycles. The molecular formula is C9H7Cl2F2NO. The fourth-order valence-electron chi connectivity index (χ4n) is 0.925. The summed E-state index contributed by atoms with van der Waals surface area (Å²) >= 11 is 10.4. The molecule has 2 nitrogen and oxygen atoms in total. The Bertz CT molecular complexity index is 371. The van der Waals surface area contributed by atoms with Gasteiger partial charge >= 0.3 is 0 Å². The number of halogens is 4. The first-order valence-electron chi connectivity index (χ1n) is 4.00. The Hall–Kier alpha value is -0.870. The molecule has 1 aromatic rings. The van der Waals surface area contributed by atoms with Gasteiger partial charge < -0.3 is 5.32 Å². The van der Waals surface area contributed by atoms with E-state index in [0.717, 1.165) is 6.07 Å². The van der Waals surface area contributed by atoms with Gasteiger partial charge in [0, 0.05) is 17.1 Å². The number of nitrogens with one attached hydrogen (secondary N) is 1. The number of rotatable bonds is 3. The van der Waals surface area contributed by atoms with Gasteiger partial charge in [0.1, 0.15) is 5.82 Å². The Labute approximate surface area is 95.2 Å². The summed E-state index contributed by atoms with van der Waals surface area (Å²) in [5.41, 5.74) is -1.91. The van der Waals surface area contributed by atoms with Crippen LogP contribution in [0, 0.1) is 5.82 Å². The van der Waals surface area contributed by atoms with Gasteiger partial charge in [0.15, 0.2) is 0 Å². The van der Waals surface area contributed by atoms with Crippen molar-refractivity contribution in [1.29, 1.82) is 0 Å². The molecule has 1 rings (SSSR count). The number of hydrogen-bond acceptors (Lipinski definition) is 1. The average molecular weight is 254 g/mol. The lowest BCUT2D eigenvalue weighted by Gasteiger charge is -2.06. The Kier molecular flexibility index (Phi) is 4.29. The largest absolute Gasteiger partial charge is 0.348 e. The molecule has 0 saturated carbocycles. The van der Waals surface area contributed by atoms with E-state index >= 15 is 0 Å². The van der Waals surface area contributed by atoms with Crippen LogP contribution in [0.3, 0.4) is 0 Å². The molecule has 0 bridgehead atoms. The maximum Gasteiger partial charge on any atom is 0.270 e. The molecule has 0 aliphatic carbocycles. The SMILES string of the molecule is O=C(NCc1ccc(Cl)cc1F)C(F)Cl. The van der Waals surface area contributed by atoms with Crippen LogP contribution in [-0.2, 0) is 11.3 Å². The molecule has 1 N–H and O–H groups in total. The summed E-state index contributed by atoms with van der Waals surface area (Å²) in [7, 11) is 0. The Morgan fingerprint density at radius 3 is 2.73 bits per heavy atom. The topological polar surface area (TPSA) is 29.1 Å². The minimum Gasteiger partial charge on any atom is -0.348 e. The molecule has 1 unspecified atom stereocenters. The molecule has 0 radical (unpaired) electrons. The van der Waals surface area contributed by atoms with E-state index in [4.69, 9.17) is 23.2 Å². The summed E-state index contributed by atoms with van der Waals surface area (Å²) in [5.74, 6) is -1.56. The van der Waals surface area contributed by atoms with Crippen LogP contribution in [0.1, 0.15) is 5.56 Å². The van der Waals surface area contributed by atoms with Crippen LogP contribution >= 0.6 is 23.2 Å². The normalized spacial score (nSPS) is 12.3. The zero-order valence-corrected chi connectivity index (χ0v) is 8.95. The maximum absolute atomic E-state index is 13.1. The minimum atomic E-state index is -2.12. The summed E-state index contributed by atoms with van der Waals surface area (Å²) in [4.78, 5) is 10.7. The van der Waals surface area contributed by atoms with Crippen LogP contribution in [0.15, 0.2) is 18.2 Å². The molecule has 0 fully saturated rings. The van der Waals surface area contributed by atoms with Gasteiger partial charge in [-0.3, -0.25) is 4.79 Å². The van der Waals surface area contributed by atoms with Crippen molar-refractivity contribution < 1.29 is 13.6 Å². The second kappa shape index (κ2) is 5.28. The second-order valence-electron chi connectivity index (χ2n) is 2.75. The van der Waals surface area contributed by atoms with Crippen molar-refractivity contribution in [3.8, 4) is 0 Å². The van der Waals surface area contributed by atoms with Gasteiger partial charge in [-0.05, 0) is 12.1 Å². The monoisotopic (exact) mass is 253 g/mol. The van der Waals surface area contributed by atoms with E-state index in [1.54, 1.807) is 0 Å². The minimum absolute atomic E-state index is 0.130. The highest BCUT2D eigenvalue weighted by molar-refractivity contribution is 6.30. The molecule has 0 aliphatic heterocycles. The molecule has 15 heavy (non-hydrogen) atoms. The number of hydrogen-bond donors (Lipinski definition) is 1. The number of carbonyl (C=O) groups excluding carboxylic acids is 1. The standard InChI is InChI=1S/C9H7Cl2F2NO/c10-6-2-1-5(7(12)3-6)4-14-9(15)8(11)13/h1-3,8H,4H2,(H,14,15). The molecule has 0 aromatic heterocycles. The predicted octanol–water partition coefficient (Wildman–Crippen LogP) is 2.63. The third kappa shape index (κ3) is 3.64. The smallest absolute Gasteiger partial charge is 0.270 e. The molecule has 6 heteroatoms. The van der Waals surface area contributed by atoms with Crippen molar-refractivity contribution in [2.45, 2.75) is 12.2 Å². The van der Waals surface area contributed by atoms with Crippen LogP contribution in [0.25, 0.3) is 0 Å². The van der Waals surface area contributed by atoms with Crippen molar-refractivity contribution in [2.75, 3.05) is 0 Å². The summed E-state index contributed by atoms with van der Waals surface area (Å²) in [6.45, 7) is -0.130. The van der Waals surface area contributed by atoms with Gasteiger partial charge in [0.05, 0.1) is 0 Å². The molecule has 0 saturated heterocycles. The van der Waals surface area contributed by atoms with E-state index in [-0.39, 0.29) is 17.1 Å². The third-order valence-electron chi connectivity index (χ3n) is 1.67. The van der Waals surface area contributed by atoms with Crippen LogP contribution < -0.4 is 5.32 Å². The molecule has 82 valence electrons. The number of amides is 1. The zero-order valence-electron chi connectivity index (χ0n) is 7.44. The maximum atomic E-state index is 13.1. The number of benzene rings is 1. The van der Waals surface area contributed by atoms with Gasteiger partial charge in [-0.1, -0.05) is 29.3 Å². The predicted molar refractivity (Wildman–Crippen MR) is 54.0 cm³/mol. The van der Waals surface area contributed by atoms with Crippen molar-refractivity contribution in [3.63, 3.8) is 0 Å². The van der Waals surface area contributed by atoms with Crippen molar-refractivity contribution in [2.24, 2.45) is 0 Å². The first-order chi connectivity index (χ1) is 7.00. The van der Waals surface area contributed by atoms with E-state index in [1.165, 1.54) is 12.1 Å². The third-order valence-corrected chi connectivity index (χ3v) is 2.10. The highest BCUT2D eigenvalue weighted by Gasteiger charge is 2.13. The summed E-state index contributed by atoms with van der Waals surface area (Å²) < 4.78 is 25.3. The first-order valence-corrected chi connectivity index (χ1v) is 4.82. The lowest BCUT2D eigenvalue weighted by Crippen LogP contribution is -2.28. The Balaban J connectivity index is 2.62. The van der Waals surface area contributed by atoms with Gasteiger partial charge in [-0.25, -0.2) is 8.78 Å². The second-order valence-corrected chi connectivity index (χ2v) is 3.57. The Morgan fingerprint density at radius 1 is 1.53 bits per heavy atom. The molecule has 1 amide bonds. The fourth-order valence-corrected chi connectivity index (χ4v) is 1.16. The van der Waals surface area contributed by atoms with Gasteiger partial charge in [-0.15, -0.1) is 0 Å². The Morgan fingerprint density at radius 2 is 2.20 bits per heavy atom. The lowest BCUT2D eigenvalue weighted by molar-refractivity contribution is -0.123. The number of carbonyl (C=O) groups is 1. The summed E-state index contributed by atoms with van der Waals surface area (Å²) in [6.07, 6.45) is 0. The van der Waals surface area contributed by atoms with E-state index in [9.17, 15) is 13.6 Å². The van der Waals surface area contributed by atoms with Gasteiger partial charge in [0.25, 0.3) is 11.5 Å². The lowest BCUT2D eigenvalue weighted by atomic mass is 10.2. The highest BCUT2D eigenvalue weighted by atomic mass is 35.5. The van der Waals surface area contributed by atoms with Crippen LogP contribution in [0.4, 0.5) is 8.78 Å². The fraction of sp³-hybridized carbons (Fsp3) is 0.222. The summed E-state index contributed by atoms with van der Waals surface area (Å²) in [5, 5.41) is 2.38. The van der Waals surface area contributed by atoms with Crippen LogP contribution in [-0.4, -0.2) is 11.5 Å². The zero-order chi connectivity index (χ0) is 11.4.